The number of hydrogen-bond acceptors (Lipinski definition) is 6. The summed E-state index contributed by atoms with van der Waals surface area (Å²) in [6.07, 6.45) is 4.54. The zero-order valence-electron chi connectivity index (χ0n) is 21.3. The zero-order valence-corrected chi connectivity index (χ0v) is 22.9. The smallest absolute Gasteiger partial charge is 0.264 e. The van der Waals surface area contributed by atoms with Crippen LogP contribution >= 0.6 is 11.8 Å². The van der Waals surface area contributed by atoms with Crippen LogP contribution in [0.5, 0.6) is 11.5 Å². The van der Waals surface area contributed by atoms with Crippen molar-refractivity contribution in [3.8, 4) is 11.5 Å². The summed E-state index contributed by atoms with van der Waals surface area (Å²) in [6.45, 7) is 1.82. The number of carbonyl (C=O) groups is 1. The molecular weight excluding hydrogens is 508 g/mol. The lowest BCUT2D eigenvalue weighted by Gasteiger charge is -2.29. The topological polar surface area (TPSA) is 84.9 Å². The number of amides is 1. The number of fused-ring (bicyclic) bond motifs is 1. The molecule has 0 radical (unpaired) electrons. The number of hydrogen-bond donors (Lipinski definition) is 1. The molecule has 1 aliphatic rings. The molecule has 7 nitrogen and oxygen atoms in total. The summed E-state index contributed by atoms with van der Waals surface area (Å²) in [7, 11) is -2.43. The van der Waals surface area contributed by atoms with E-state index in [0.29, 0.717) is 18.0 Å². The summed E-state index contributed by atoms with van der Waals surface area (Å²) in [6, 6.07) is 19.2. The van der Waals surface area contributed by atoms with Crippen molar-refractivity contribution in [3.05, 3.63) is 77.9 Å². The number of thioether (sulfide) groups is 1. The Bertz CT molecular complexity index is 1340. The van der Waals surface area contributed by atoms with Crippen molar-refractivity contribution in [1.82, 2.24) is 5.32 Å². The van der Waals surface area contributed by atoms with Gasteiger partial charge in [0.15, 0.2) is 0 Å². The third-order valence-corrected chi connectivity index (χ3v) is 8.89. The van der Waals surface area contributed by atoms with Crippen molar-refractivity contribution in [2.75, 3.05) is 30.8 Å². The Kier molecular flexibility index (Phi) is 8.66. The van der Waals surface area contributed by atoms with Crippen LogP contribution in [0, 0.1) is 0 Å². The van der Waals surface area contributed by atoms with Crippen LogP contribution in [-0.2, 0) is 21.2 Å². The summed E-state index contributed by atoms with van der Waals surface area (Å²) in [5.74, 6) is 0.796. The minimum atomic E-state index is -4.06. The molecule has 0 spiro atoms. The average molecular weight is 541 g/mol. The van der Waals surface area contributed by atoms with Crippen molar-refractivity contribution >= 4 is 33.4 Å². The Morgan fingerprint density at radius 3 is 2.57 bits per heavy atom. The monoisotopic (exact) mass is 540 g/mol. The molecule has 9 heteroatoms. The van der Waals surface area contributed by atoms with Crippen LogP contribution in [0.25, 0.3) is 0 Å². The fourth-order valence-corrected chi connectivity index (χ4v) is 6.39. The summed E-state index contributed by atoms with van der Waals surface area (Å²) < 4.78 is 39.9. The first kappa shape index (κ1) is 26.9. The average Bonchev–Trinajstić information content (AvgIpc) is 2.92. The first-order chi connectivity index (χ1) is 17.9. The minimum Gasteiger partial charge on any atom is -0.497 e. The third kappa shape index (κ3) is 6.05. The van der Waals surface area contributed by atoms with E-state index in [1.165, 1.54) is 11.8 Å². The highest BCUT2D eigenvalue weighted by Crippen LogP contribution is 2.34. The SMILES string of the molecule is CCOc1ccccc1N(CC(=O)NC1CCCc2cc(OC)ccc21)S(=O)(=O)c1ccc(SC)cc1. The van der Waals surface area contributed by atoms with Crippen LogP contribution in [0.2, 0.25) is 0 Å². The molecule has 1 amide bonds. The number of para-hydroxylation sites is 2. The summed E-state index contributed by atoms with van der Waals surface area (Å²) in [4.78, 5) is 14.4. The van der Waals surface area contributed by atoms with Gasteiger partial charge in [-0.05, 0) is 92.1 Å². The maximum absolute atomic E-state index is 13.9. The normalized spacial score (nSPS) is 14.9. The molecule has 0 saturated carbocycles. The van der Waals surface area contributed by atoms with Crippen LogP contribution < -0.4 is 19.1 Å². The summed E-state index contributed by atoms with van der Waals surface area (Å²) >= 11 is 1.53. The van der Waals surface area contributed by atoms with Crippen molar-refractivity contribution < 1.29 is 22.7 Å². The lowest BCUT2D eigenvalue weighted by molar-refractivity contribution is -0.120. The van der Waals surface area contributed by atoms with Gasteiger partial charge < -0.3 is 14.8 Å². The van der Waals surface area contributed by atoms with Gasteiger partial charge in [0.05, 0.1) is 30.3 Å². The predicted molar refractivity (Wildman–Crippen MR) is 147 cm³/mol. The molecule has 0 aromatic heterocycles. The molecule has 0 bridgehead atoms. The van der Waals surface area contributed by atoms with Crippen molar-refractivity contribution in [1.29, 1.82) is 0 Å². The Labute approximate surface area is 223 Å². The fraction of sp³-hybridized carbons (Fsp3) is 0.321. The van der Waals surface area contributed by atoms with Crippen LogP contribution in [0.3, 0.4) is 0 Å². The molecule has 3 aromatic carbocycles. The van der Waals surface area contributed by atoms with Crippen molar-refractivity contribution in [3.63, 3.8) is 0 Å². The van der Waals surface area contributed by atoms with Crippen LogP contribution in [0.1, 0.15) is 36.9 Å². The van der Waals surface area contributed by atoms with E-state index < -0.39 is 10.0 Å². The highest BCUT2D eigenvalue weighted by atomic mass is 32.2. The number of nitrogens with zero attached hydrogens (tertiary/aromatic N) is 1. The van der Waals surface area contributed by atoms with Gasteiger partial charge in [0, 0.05) is 4.90 Å². The first-order valence-electron chi connectivity index (χ1n) is 12.2. The fourth-order valence-electron chi connectivity index (χ4n) is 4.55. The lowest BCUT2D eigenvalue weighted by atomic mass is 9.87. The highest BCUT2D eigenvalue weighted by molar-refractivity contribution is 7.98. The first-order valence-corrected chi connectivity index (χ1v) is 14.9. The third-order valence-electron chi connectivity index (χ3n) is 6.37. The number of carbonyl (C=O) groups excluding carboxylic acids is 1. The van der Waals surface area contributed by atoms with Gasteiger partial charge in [0.1, 0.15) is 18.0 Å². The zero-order chi connectivity index (χ0) is 26.4. The largest absolute Gasteiger partial charge is 0.497 e. The lowest BCUT2D eigenvalue weighted by Crippen LogP contribution is -2.42. The van der Waals surface area contributed by atoms with E-state index in [4.69, 9.17) is 9.47 Å². The number of anilines is 1. The van der Waals surface area contributed by atoms with E-state index >= 15 is 0 Å². The molecule has 1 N–H and O–H groups in total. The van der Waals surface area contributed by atoms with Gasteiger partial charge in [0.2, 0.25) is 5.91 Å². The van der Waals surface area contributed by atoms with E-state index in [2.05, 4.69) is 5.32 Å². The van der Waals surface area contributed by atoms with Gasteiger partial charge in [-0.25, -0.2) is 8.42 Å². The summed E-state index contributed by atoms with van der Waals surface area (Å²) in [5.41, 5.74) is 2.50. The van der Waals surface area contributed by atoms with Gasteiger partial charge in [-0.1, -0.05) is 18.2 Å². The van der Waals surface area contributed by atoms with Gasteiger partial charge in [-0.3, -0.25) is 9.10 Å². The van der Waals surface area contributed by atoms with Crippen LogP contribution in [0.15, 0.2) is 76.5 Å². The van der Waals surface area contributed by atoms with E-state index in [9.17, 15) is 13.2 Å². The maximum Gasteiger partial charge on any atom is 0.264 e. The van der Waals surface area contributed by atoms with E-state index in [-0.39, 0.29) is 23.4 Å². The van der Waals surface area contributed by atoms with Gasteiger partial charge in [-0.2, -0.15) is 0 Å². The molecule has 3 aromatic rings. The van der Waals surface area contributed by atoms with Gasteiger partial charge in [-0.15, -0.1) is 11.8 Å². The number of sulfonamides is 1. The second kappa shape index (κ2) is 11.9. The molecule has 4 rings (SSSR count). The quantitative estimate of drug-likeness (QED) is 0.356. The number of aryl methyl sites for hydroxylation is 1. The van der Waals surface area contributed by atoms with Crippen LogP contribution in [0.4, 0.5) is 5.69 Å². The highest BCUT2D eigenvalue weighted by Gasteiger charge is 2.31. The second-order valence-corrected chi connectivity index (χ2v) is 11.4. The molecule has 0 aliphatic heterocycles. The maximum atomic E-state index is 13.9. The molecular formula is C28H32N2O5S2. The molecule has 0 fully saturated rings. The van der Waals surface area contributed by atoms with Crippen molar-refractivity contribution in [2.24, 2.45) is 0 Å². The number of nitrogens with one attached hydrogen (secondary N) is 1. The van der Waals surface area contributed by atoms with E-state index in [1.54, 1.807) is 55.6 Å². The molecule has 0 heterocycles. The Morgan fingerprint density at radius 1 is 1.11 bits per heavy atom. The Morgan fingerprint density at radius 2 is 1.86 bits per heavy atom. The van der Waals surface area contributed by atoms with Gasteiger partial charge in [0.25, 0.3) is 10.0 Å². The molecule has 1 atom stereocenters. The number of benzene rings is 3. The number of ether oxygens (including phenoxy) is 2. The van der Waals surface area contributed by atoms with E-state index in [0.717, 1.165) is 45.3 Å². The number of rotatable bonds is 10. The number of methoxy groups -OCH3 is 1. The molecule has 1 aliphatic carbocycles. The van der Waals surface area contributed by atoms with Crippen LogP contribution in [-0.4, -0.2) is 40.8 Å². The predicted octanol–water partition coefficient (Wildman–Crippen LogP) is 5.20. The van der Waals surface area contributed by atoms with Crippen molar-refractivity contribution in [2.45, 2.75) is 42.0 Å². The molecule has 196 valence electrons. The molecule has 1 unspecified atom stereocenters. The Hall–Kier alpha value is -3.17. The Balaban J connectivity index is 1.65. The standard InChI is InChI=1S/C28H32N2O5S2/c1-4-35-27-11-6-5-10-26(27)30(37(32,33)23-15-13-22(36-3)14-16-23)19-28(31)29-25-9-7-8-20-18-21(34-2)12-17-24(20)25/h5-6,10-18,25H,4,7-9,19H2,1-3H3,(H,29,31). The summed E-state index contributed by atoms with van der Waals surface area (Å²) in [5, 5.41) is 3.08. The van der Waals surface area contributed by atoms with E-state index in [1.807, 2.05) is 31.4 Å². The molecule has 0 saturated heterocycles. The second-order valence-electron chi connectivity index (χ2n) is 8.67. The van der Waals surface area contributed by atoms with Gasteiger partial charge >= 0.3 is 0 Å². The minimum absolute atomic E-state index is 0.111. The molecule has 37 heavy (non-hydrogen) atoms.